The van der Waals surface area contributed by atoms with Crippen LogP contribution in [-0.2, 0) is 0 Å². The Bertz CT molecular complexity index is 299. The number of piperidine rings is 1. The molecule has 74 valence electrons. The van der Waals surface area contributed by atoms with E-state index in [-0.39, 0.29) is 6.04 Å². The number of rotatable bonds is 2. The molecule has 0 radical (unpaired) electrons. The minimum atomic E-state index is 0.197. The van der Waals surface area contributed by atoms with E-state index in [0.29, 0.717) is 0 Å². The van der Waals surface area contributed by atoms with Crippen molar-refractivity contribution >= 4 is 0 Å². The van der Waals surface area contributed by atoms with Gasteiger partial charge in [0.2, 0.25) is 0 Å². The SMILES string of the molecule is O=NN1CCCCC1c1ccccc1. The van der Waals surface area contributed by atoms with Crippen LogP contribution in [0.2, 0.25) is 0 Å². The van der Waals surface area contributed by atoms with Gasteiger partial charge in [-0.1, -0.05) is 30.3 Å². The molecule has 0 N–H and O–H groups in total. The molecular formula is C11H14N2O. The molecule has 1 aliphatic rings. The number of nitrogens with zero attached hydrogens (tertiary/aromatic N) is 2. The summed E-state index contributed by atoms with van der Waals surface area (Å²) in [5.41, 5.74) is 1.20. The second kappa shape index (κ2) is 4.22. The van der Waals surface area contributed by atoms with E-state index < -0.39 is 0 Å². The van der Waals surface area contributed by atoms with Crippen molar-refractivity contribution in [3.63, 3.8) is 0 Å². The average Bonchev–Trinajstić information content (AvgIpc) is 2.30. The molecule has 1 unspecified atom stereocenters. The summed E-state index contributed by atoms with van der Waals surface area (Å²) in [5, 5.41) is 4.75. The predicted octanol–water partition coefficient (Wildman–Crippen LogP) is 2.90. The number of hydrogen-bond donors (Lipinski definition) is 0. The van der Waals surface area contributed by atoms with Crippen molar-refractivity contribution < 1.29 is 0 Å². The summed E-state index contributed by atoms with van der Waals surface area (Å²) in [6.07, 6.45) is 3.30. The van der Waals surface area contributed by atoms with Crippen molar-refractivity contribution in [1.82, 2.24) is 5.01 Å². The highest BCUT2D eigenvalue weighted by Gasteiger charge is 2.23. The summed E-state index contributed by atoms with van der Waals surface area (Å²) in [7, 11) is 0. The molecule has 3 heteroatoms. The fourth-order valence-corrected chi connectivity index (χ4v) is 2.03. The van der Waals surface area contributed by atoms with Crippen molar-refractivity contribution in [1.29, 1.82) is 0 Å². The highest BCUT2D eigenvalue weighted by molar-refractivity contribution is 5.19. The van der Waals surface area contributed by atoms with E-state index in [4.69, 9.17) is 0 Å². The summed E-state index contributed by atoms with van der Waals surface area (Å²) in [4.78, 5) is 10.6. The first kappa shape index (κ1) is 9.19. The van der Waals surface area contributed by atoms with Crippen molar-refractivity contribution in [3.05, 3.63) is 40.8 Å². The number of benzene rings is 1. The Balaban J connectivity index is 2.19. The number of nitroso groups, excluding NO2 is 1. The minimum Gasteiger partial charge on any atom is -0.253 e. The van der Waals surface area contributed by atoms with Crippen LogP contribution in [0.25, 0.3) is 0 Å². The second-order valence-corrected chi connectivity index (χ2v) is 3.67. The zero-order valence-electron chi connectivity index (χ0n) is 8.10. The van der Waals surface area contributed by atoms with Gasteiger partial charge >= 0.3 is 0 Å². The first-order valence-electron chi connectivity index (χ1n) is 5.06. The third kappa shape index (κ3) is 1.76. The Labute approximate surface area is 83.7 Å². The lowest BCUT2D eigenvalue weighted by Crippen LogP contribution is -2.28. The third-order valence-corrected chi connectivity index (χ3v) is 2.76. The van der Waals surface area contributed by atoms with Crippen molar-refractivity contribution in [3.8, 4) is 0 Å². The molecule has 0 amide bonds. The predicted molar refractivity (Wildman–Crippen MR) is 55.5 cm³/mol. The lowest BCUT2D eigenvalue weighted by atomic mass is 9.97. The van der Waals surface area contributed by atoms with Crippen LogP contribution in [0, 0.1) is 4.91 Å². The van der Waals surface area contributed by atoms with E-state index in [1.165, 1.54) is 12.0 Å². The van der Waals surface area contributed by atoms with Gasteiger partial charge in [-0.2, -0.15) is 0 Å². The van der Waals surface area contributed by atoms with Crippen molar-refractivity contribution in [2.24, 2.45) is 5.29 Å². The summed E-state index contributed by atoms with van der Waals surface area (Å²) < 4.78 is 0. The van der Waals surface area contributed by atoms with Crippen LogP contribution in [0.3, 0.4) is 0 Å². The molecule has 14 heavy (non-hydrogen) atoms. The fraction of sp³-hybridized carbons (Fsp3) is 0.455. The van der Waals surface area contributed by atoms with Crippen LogP contribution < -0.4 is 0 Å². The van der Waals surface area contributed by atoms with Crippen LogP contribution in [0.5, 0.6) is 0 Å². The Hall–Kier alpha value is -1.38. The molecule has 0 aliphatic carbocycles. The Kier molecular flexibility index (Phi) is 2.77. The van der Waals surface area contributed by atoms with Gasteiger partial charge in [0, 0.05) is 6.54 Å². The van der Waals surface area contributed by atoms with E-state index in [2.05, 4.69) is 17.4 Å². The topological polar surface area (TPSA) is 32.7 Å². The molecule has 1 aromatic rings. The summed E-state index contributed by atoms with van der Waals surface area (Å²) in [6.45, 7) is 0.795. The van der Waals surface area contributed by atoms with E-state index >= 15 is 0 Å². The summed E-state index contributed by atoms with van der Waals surface area (Å²) in [5.74, 6) is 0. The molecule has 1 saturated heterocycles. The lowest BCUT2D eigenvalue weighted by Gasteiger charge is -2.30. The van der Waals surface area contributed by atoms with E-state index in [1.54, 1.807) is 5.01 Å². The molecule has 1 heterocycles. The van der Waals surface area contributed by atoms with Gasteiger partial charge in [-0.25, -0.2) is 0 Å². The van der Waals surface area contributed by atoms with Gasteiger partial charge < -0.3 is 0 Å². The van der Waals surface area contributed by atoms with Crippen LogP contribution in [-0.4, -0.2) is 11.6 Å². The maximum absolute atomic E-state index is 10.6. The Morgan fingerprint density at radius 3 is 2.71 bits per heavy atom. The zero-order valence-corrected chi connectivity index (χ0v) is 8.10. The van der Waals surface area contributed by atoms with Gasteiger partial charge in [0.25, 0.3) is 0 Å². The van der Waals surface area contributed by atoms with E-state index in [9.17, 15) is 4.91 Å². The Morgan fingerprint density at radius 2 is 2.00 bits per heavy atom. The van der Waals surface area contributed by atoms with E-state index in [1.807, 2.05) is 18.2 Å². The standard InChI is InChI=1S/C11H14N2O/c14-12-13-9-5-4-8-11(13)10-6-2-1-3-7-10/h1-3,6-7,11H,4-5,8-9H2. The first-order chi connectivity index (χ1) is 6.92. The van der Waals surface area contributed by atoms with Gasteiger partial charge in [-0.05, 0) is 24.8 Å². The number of hydrogen-bond acceptors (Lipinski definition) is 2. The van der Waals surface area contributed by atoms with Gasteiger partial charge in [0.05, 0.1) is 11.3 Å². The van der Waals surface area contributed by atoms with Gasteiger partial charge in [-0.15, -0.1) is 4.91 Å². The molecule has 3 nitrogen and oxygen atoms in total. The van der Waals surface area contributed by atoms with Gasteiger partial charge in [0.1, 0.15) is 0 Å². The van der Waals surface area contributed by atoms with Crippen molar-refractivity contribution in [2.45, 2.75) is 25.3 Å². The molecule has 1 aliphatic heterocycles. The largest absolute Gasteiger partial charge is 0.253 e. The molecule has 0 bridgehead atoms. The van der Waals surface area contributed by atoms with Crippen LogP contribution >= 0.6 is 0 Å². The highest BCUT2D eigenvalue weighted by atomic mass is 16.3. The monoisotopic (exact) mass is 190 g/mol. The van der Waals surface area contributed by atoms with E-state index in [0.717, 1.165) is 19.4 Å². The normalized spacial score (nSPS) is 22.0. The average molecular weight is 190 g/mol. The molecule has 1 atom stereocenters. The van der Waals surface area contributed by atoms with Gasteiger partial charge in [-0.3, -0.25) is 5.01 Å². The molecule has 0 saturated carbocycles. The zero-order chi connectivity index (χ0) is 9.80. The molecule has 1 aromatic carbocycles. The first-order valence-corrected chi connectivity index (χ1v) is 5.06. The van der Waals surface area contributed by atoms with Crippen LogP contribution in [0.4, 0.5) is 0 Å². The second-order valence-electron chi connectivity index (χ2n) is 3.67. The van der Waals surface area contributed by atoms with Gasteiger partial charge in [0.15, 0.2) is 0 Å². The smallest absolute Gasteiger partial charge is 0.0751 e. The van der Waals surface area contributed by atoms with Crippen LogP contribution in [0.1, 0.15) is 30.9 Å². The molecule has 2 rings (SSSR count). The maximum atomic E-state index is 10.6. The molecule has 0 spiro atoms. The Morgan fingerprint density at radius 1 is 1.21 bits per heavy atom. The minimum absolute atomic E-state index is 0.197. The van der Waals surface area contributed by atoms with Crippen molar-refractivity contribution in [2.75, 3.05) is 6.54 Å². The van der Waals surface area contributed by atoms with Crippen LogP contribution in [0.15, 0.2) is 35.6 Å². The summed E-state index contributed by atoms with van der Waals surface area (Å²) >= 11 is 0. The molecule has 0 aromatic heterocycles. The summed E-state index contributed by atoms with van der Waals surface area (Å²) in [6, 6.07) is 10.3. The lowest BCUT2D eigenvalue weighted by molar-refractivity contribution is 0.152. The molecule has 1 fully saturated rings. The fourth-order valence-electron chi connectivity index (χ4n) is 2.03. The highest BCUT2D eigenvalue weighted by Crippen LogP contribution is 2.30. The quantitative estimate of drug-likeness (QED) is 0.672. The third-order valence-electron chi connectivity index (χ3n) is 2.76. The molecular weight excluding hydrogens is 176 g/mol. The maximum Gasteiger partial charge on any atom is 0.0751 e.